The van der Waals surface area contributed by atoms with E-state index in [0.717, 1.165) is 37.9 Å². The molecule has 0 spiro atoms. The zero-order valence-electron chi connectivity index (χ0n) is 15.1. The summed E-state index contributed by atoms with van der Waals surface area (Å²) in [5, 5.41) is 18.4. The molecule has 2 N–H and O–H groups in total. The van der Waals surface area contributed by atoms with Gasteiger partial charge in [-0.05, 0) is 68.4 Å². The number of rotatable bonds is 3. The molecule has 2 heterocycles. The second-order valence-electron chi connectivity index (χ2n) is 8.62. The van der Waals surface area contributed by atoms with E-state index in [0.29, 0.717) is 23.3 Å². The average molecular weight is 354 g/mol. The Labute approximate surface area is 153 Å². The van der Waals surface area contributed by atoms with Gasteiger partial charge < -0.3 is 15.0 Å². The monoisotopic (exact) mass is 354 g/mol. The molecule has 0 radical (unpaired) electrons. The third-order valence-corrected chi connectivity index (χ3v) is 6.89. The van der Waals surface area contributed by atoms with Crippen LogP contribution in [0.4, 0.5) is 0 Å². The van der Waals surface area contributed by atoms with E-state index in [1.54, 1.807) is 10.9 Å². The zero-order chi connectivity index (χ0) is 17.9. The lowest BCUT2D eigenvalue weighted by atomic mass is 9.77. The Morgan fingerprint density at radius 1 is 1.27 bits per heavy atom. The Morgan fingerprint density at radius 2 is 2.08 bits per heavy atom. The molecule has 138 valence electrons. The van der Waals surface area contributed by atoms with E-state index in [1.807, 2.05) is 36.1 Å². The first-order valence-corrected chi connectivity index (χ1v) is 9.71. The van der Waals surface area contributed by atoms with Gasteiger partial charge in [-0.3, -0.25) is 9.48 Å². The summed E-state index contributed by atoms with van der Waals surface area (Å²) in [6, 6.07) is 4.04. The minimum atomic E-state index is -0.480. The molecule has 0 aliphatic heterocycles. The molecule has 26 heavy (non-hydrogen) atoms. The van der Waals surface area contributed by atoms with Crippen molar-refractivity contribution in [1.82, 2.24) is 19.7 Å². The van der Waals surface area contributed by atoms with Crippen molar-refractivity contribution in [1.29, 1.82) is 0 Å². The fourth-order valence-corrected chi connectivity index (χ4v) is 5.92. The van der Waals surface area contributed by atoms with Gasteiger partial charge in [0.15, 0.2) is 0 Å². The summed E-state index contributed by atoms with van der Waals surface area (Å²) in [6.45, 7) is 0. The quantitative estimate of drug-likeness (QED) is 0.888. The van der Waals surface area contributed by atoms with Gasteiger partial charge in [-0.2, -0.15) is 5.10 Å². The van der Waals surface area contributed by atoms with Gasteiger partial charge in [-0.15, -0.1) is 0 Å². The molecule has 3 fully saturated rings. The summed E-state index contributed by atoms with van der Waals surface area (Å²) in [5.74, 6) is 2.32. The minimum Gasteiger partial charge on any atom is -0.390 e. The lowest BCUT2D eigenvalue weighted by molar-refractivity contribution is -0.00594. The Morgan fingerprint density at radius 3 is 2.88 bits per heavy atom. The third-order valence-electron chi connectivity index (χ3n) is 6.89. The molecule has 5 rings (SSSR count). The van der Waals surface area contributed by atoms with Crippen LogP contribution in [0.3, 0.4) is 0 Å². The molecule has 2 aromatic heterocycles. The average Bonchev–Trinajstić information content (AvgIpc) is 3.27. The number of fused-ring (bicyclic) bond motifs is 2. The first kappa shape index (κ1) is 16.1. The number of carbonyl (C=O) groups is 1. The van der Waals surface area contributed by atoms with Gasteiger partial charge in [-0.25, -0.2) is 0 Å². The Hall–Kier alpha value is -2.08. The summed E-state index contributed by atoms with van der Waals surface area (Å²) < 4.78 is 3.66. The van der Waals surface area contributed by atoms with Crippen molar-refractivity contribution >= 4 is 5.91 Å². The van der Waals surface area contributed by atoms with Gasteiger partial charge in [0.2, 0.25) is 0 Å². The largest absolute Gasteiger partial charge is 0.390 e. The highest BCUT2D eigenvalue weighted by atomic mass is 16.3. The van der Waals surface area contributed by atoms with E-state index in [2.05, 4.69) is 10.4 Å². The number of carbonyl (C=O) groups excluding carboxylic acids is 1. The van der Waals surface area contributed by atoms with Gasteiger partial charge in [-0.1, -0.05) is 0 Å². The summed E-state index contributed by atoms with van der Waals surface area (Å²) in [5.41, 5.74) is 0.123. The number of nitrogens with one attached hydrogen (secondary N) is 1. The summed E-state index contributed by atoms with van der Waals surface area (Å²) >= 11 is 0. The number of aryl methyl sites for hydroxylation is 1. The van der Waals surface area contributed by atoms with Crippen LogP contribution >= 0.6 is 0 Å². The van der Waals surface area contributed by atoms with Crippen LogP contribution < -0.4 is 5.32 Å². The van der Waals surface area contributed by atoms with Crippen molar-refractivity contribution < 1.29 is 9.90 Å². The SMILES string of the molecule is Cn1ncc(C(=O)N[C@H]2CCC3CC4C[C@@](O)(C3)CC42)c1-n1cccc1. The Balaban J connectivity index is 1.40. The van der Waals surface area contributed by atoms with Crippen LogP contribution in [0.25, 0.3) is 5.82 Å². The normalized spacial score (nSPS) is 35.5. The van der Waals surface area contributed by atoms with E-state index in [1.165, 1.54) is 6.42 Å². The number of aliphatic hydroxyl groups is 1. The van der Waals surface area contributed by atoms with Crippen LogP contribution in [0.15, 0.2) is 30.7 Å². The standard InChI is InChI=1S/C20H26N4O2/c1-23-19(24-6-2-3-7-24)16(12-21-23)18(25)22-17-5-4-13-8-14-10-20(26,9-13)11-15(14)17/h2-3,6-7,12-15,17,26H,4-5,8-11H2,1H3,(H,22,25)/t13?,14?,15?,17-,20-/m0/s1. The predicted octanol–water partition coefficient (Wildman–Crippen LogP) is 2.27. The number of hydrogen-bond acceptors (Lipinski definition) is 3. The maximum Gasteiger partial charge on any atom is 0.256 e. The molecule has 0 aromatic carbocycles. The molecule has 2 aromatic rings. The molecule has 0 saturated heterocycles. The molecule has 3 unspecified atom stereocenters. The fraction of sp³-hybridized carbons (Fsp3) is 0.600. The van der Waals surface area contributed by atoms with Crippen LogP contribution in [0.1, 0.15) is 48.9 Å². The highest BCUT2D eigenvalue weighted by Crippen LogP contribution is 2.55. The molecule has 3 saturated carbocycles. The number of aromatic nitrogens is 3. The predicted molar refractivity (Wildman–Crippen MR) is 96.9 cm³/mol. The molecule has 5 atom stereocenters. The molecule has 6 heteroatoms. The van der Waals surface area contributed by atoms with Gasteiger partial charge in [0.25, 0.3) is 5.91 Å². The molecule has 3 aliphatic rings. The van der Waals surface area contributed by atoms with E-state index < -0.39 is 5.60 Å². The van der Waals surface area contributed by atoms with E-state index >= 15 is 0 Å². The lowest BCUT2D eigenvalue weighted by Crippen LogP contribution is -2.42. The van der Waals surface area contributed by atoms with Crippen molar-refractivity contribution in [2.45, 2.75) is 50.2 Å². The summed E-state index contributed by atoms with van der Waals surface area (Å²) in [7, 11) is 1.85. The molecule has 6 nitrogen and oxygen atoms in total. The van der Waals surface area contributed by atoms with Crippen molar-refractivity contribution in [2.24, 2.45) is 24.8 Å². The number of hydrogen-bond donors (Lipinski definition) is 2. The van der Waals surface area contributed by atoms with Crippen molar-refractivity contribution in [3.8, 4) is 5.82 Å². The van der Waals surface area contributed by atoms with Gasteiger partial charge in [0, 0.05) is 25.5 Å². The smallest absolute Gasteiger partial charge is 0.256 e. The first-order valence-electron chi connectivity index (χ1n) is 9.71. The van der Waals surface area contributed by atoms with Gasteiger partial charge in [0.05, 0.1) is 11.8 Å². The van der Waals surface area contributed by atoms with Crippen LogP contribution in [0.5, 0.6) is 0 Å². The second-order valence-corrected chi connectivity index (χ2v) is 8.62. The van der Waals surface area contributed by atoms with Crippen LogP contribution in [0, 0.1) is 17.8 Å². The van der Waals surface area contributed by atoms with Crippen molar-refractivity contribution in [2.75, 3.05) is 0 Å². The minimum absolute atomic E-state index is 0.0555. The van der Waals surface area contributed by atoms with E-state index in [4.69, 9.17) is 0 Å². The molecule has 3 aliphatic carbocycles. The lowest BCUT2D eigenvalue weighted by Gasteiger charge is -2.33. The highest BCUT2D eigenvalue weighted by Gasteiger charge is 2.53. The Bertz CT molecular complexity index is 827. The van der Waals surface area contributed by atoms with E-state index in [-0.39, 0.29) is 11.9 Å². The zero-order valence-corrected chi connectivity index (χ0v) is 15.1. The topological polar surface area (TPSA) is 72.1 Å². The molecular formula is C20H26N4O2. The highest BCUT2D eigenvalue weighted by molar-refractivity contribution is 5.97. The molecule has 1 amide bonds. The number of amides is 1. The summed E-state index contributed by atoms with van der Waals surface area (Å²) in [6.07, 6.45) is 11.6. The molecule has 3 bridgehead atoms. The van der Waals surface area contributed by atoms with Crippen LogP contribution in [-0.4, -0.2) is 37.0 Å². The maximum absolute atomic E-state index is 13.1. The fourth-order valence-electron chi connectivity index (χ4n) is 5.92. The van der Waals surface area contributed by atoms with Crippen LogP contribution in [0.2, 0.25) is 0 Å². The Kier molecular flexibility index (Phi) is 3.54. The molecular weight excluding hydrogens is 328 g/mol. The second kappa shape index (κ2) is 5.71. The first-order chi connectivity index (χ1) is 12.5. The van der Waals surface area contributed by atoms with E-state index in [9.17, 15) is 9.90 Å². The number of nitrogens with zero attached hydrogens (tertiary/aromatic N) is 3. The van der Waals surface area contributed by atoms with Gasteiger partial charge >= 0.3 is 0 Å². The van der Waals surface area contributed by atoms with Crippen molar-refractivity contribution in [3.05, 3.63) is 36.3 Å². The van der Waals surface area contributed by atoms with Crippen LogP contribution in [-0.2, 0) is 7.05 Å². The van der Waals surface area contributed by atoms with Gasteiger partial charge in [0.1, 0.15) is 11.4 Å². The maximum atomic E-state index is 13.1. The third kappa shape index (κ3) is 2.50. The summed E-state index contributed by atoms with van der Waals surface area (Å²) in [4.78, 5) is 13.1. The van der Waals surface area contributed by atoms with Crippen molar-refractivity contribution in [3.63, 3.8) is 0 Å².